The zero-order chi connectivity index (χ0) is 16.3. The predicted octanol–water partition coefficient (Wildman–Crippen LogP) is 3.87. The maximum Gasteiger partial charge on any atom is 0.352 e. The van der Waals surface area contributed by atoms with Crippen LogP contribution in [-0.2, 0) is 0 Å². The number of fused-ring (bicyclic) bond motifs is 1. The van der Waals surface area contributed by atoms with Crippen molar-refractivity contribution in [1.82, 2.24) is 0 Å². The van der Waals surface area contributed by atoms with Crippen LogP contribution in [0.1, 0.15) is 19.4 Å². The van der Waals surface area contributed by atoms with E-state index in [1.807, 2.05) is 18.2 Å². The Labute approximate surface area is 133 Å². The Balaban J connectivity index is 2.50. The summed E-state index contributed by atoms with van der Waals surface area (Å²) in [6.07, 6.45) is 0. The number of hydrogen-bond acceptors (Lipinski definition) is 3. The zero-order valence-electron chi connectivity index (χ0n) is 14.0. The van der Waals surface area contributed by atoms with Crippen molar-refractivity contribution in [2.75, 3.05) is 18.0 Å². The lowest BCUT2D eigenvalue weighted by molar-refractivity contribution is 0.558. The Bertz CT molecular complexity index is 787. The third-order valence-electron chi connectivity index (χ3n) is 3.42. The minimum absolute atomic E-state index is 0.352. The molecule has 2 rings (SSSR count). The Morgan fingerprint density at radius 2 is 1.82 bits per heavy atom. The summed E-state index contributed by atoms with van der Waals surface area (Å²) >= 11 is 0. The van der Waals surface area contributed by atoms with Crippen LogP contribution >= 0.6 is 0 Å². The van der Waals surface area contributed by atoms with Gasteiger partial charge in [-0.25, -0.2) is 4.79 Å². The topological polar surface area (TPSA) is 33.5 Å². The molecule has 3 nitrogen and oxygen atoms in total. The maximum absolute atomic E-state index is 12.1. The van der Waals surface area contributed by atoms with Gasteiger partial charge < -0.3 is 9.32 Å². The van der Waals surface area contributed by atoms with E-state index in [0.717, 1.165) is 24.2 Å². The molecule has 1 heterocycles. The van der Waals surface area contributed by atoms with E-state index < -0.39 is 8.07 Å². The normalized spacial score (nSPS) is 11.1. The van der Waals surface area contributed by atoms with E-state index in [4.69, 9.17) is 4.42 Å². The Morgan fingerprint density at radius 3 is 2.41 bits per heavy atom. The van der Waals surface area contributed by atoms with Gasteiger partial charge in [-0.2, -0.15) is 0 Å². The van der Waals surface area contributed by atoms with Gasteiger partial charge in [0, 0.05) is 30.2 Å². The zero-order valence-corrected chi connectivity index (χ0v) is 15.0. The van der Waals surface area contributed by atoms with E-state index >= 15 is 0 Å². The summed E-state index contributed by atoms with van der Waals surface area (Å²) in [7, 11) is -1.51. The average molecular weight is 313 g/mol. The van der Waals surface area contributed by atoms with Crippen LogP contribution in [0.4, 0.5) is 5.69 Å². The summed E-state index contributed by atoms with van der Waals surface area (Å²) in [4.78, 5) is 14.3. The molecule has 0 saturated heterocycles. The lowest BCUT2D eigenvalue weighted by atomic mass is 10.1. The van der Waals surface area contributed by atoms with Crippen molar-refractivity contribution in [2.24, 2.45) is 0 Å². The molecule has 116 valence electrons. The number of nitrogens with zero attached hydrogens (tertiary/aromatic N) is 1. The first-order chi connectivity index (χ1) is 10.3. The van der Waals surface area contributed by atoms with Crippen molar-refractivity contribution in [3.63, 3.8) is 0 Å². The Morgan fingerprint density at radius 1 is 1.14 bits per heavy atom. The van der Waals surface area contributed by atoms with E-state index in [-0.39, 0.29) is 5.63 Å². The van der Waals surface area contributed by atoms with Gasteiger partial charge in [-0.15, -0.1) is 5.54 Å². The van der Waals surface area contributed by atoms with Crippen molar-refractivity contribution < 1.29 is 4.42 Å². The van der Waals surface area contributed by atoms with Gasteiger partial charge in [-0.1, -0.05) is 25.6 Å². The molecule has 22 heavy (non-hydrogen) atoms. The van der Waals surface area contributed by atoms with E-state index in [1.54, 1.807) is 0 Å². The van der Waals surface area contributed by atoms with Crippen LogP contribution in [0.3, 0.4) is 0 Å². The molecule has 0 amide bonds. The highest BCUT2D eigenvalue weighted by molar-refractivity contribution is 6.83. The van der Waals surface area contributed by atoms with Crippen LogP contribution in [0.15, 0.2) is 33.5 Å². The minimum atomic E-state index is -1.51. The lowest BCUT2D eigenvalue weighted by Gasteiger charge is -2.20. The van der Waals surface area contributed by atoms with Gasteiger partial charge in [-0.3, -0.25) is 0 Å². The number of benzene rings is 1. The van der Waals surface area contributed by atoms with Crippen molar-refractivity contribution in [1.29, 1.82) is 0 Å². The minimum Gasteiger partial charge on any atom is -0.422 e. The second kappa shape index (κ2) is 6.41. The quantitative estimate of drug-likeness (QED) is 0.490. The van der Waals surface area contributed by atoms with Crippen molar-refractivity contribution in [2.45, 2.75) is 33.5 Å². The largest absolute Gasteiger partial charge is 0.422 e. The van der Waals surface area contributed by atoms with E-state index in [1.165, 1.54) is 0 Å². The fourth-order valence-corrected chi connectivity index (χ4v) is 2.74. The molecular weight excluding hydrogens is 290 g/mol. The van der Waals surface area contributed by atoms with Gasteiger partial charge in [0.1, 0.15) is 19.2 Å². The molecule has 0 aliphatic carbocycles. The fourth-order valence-electron chi connectivity index (χ4n) is 2.23. The summed E-state index contributed by atoms with van der Waals surface area (Å²) in [6, 6.07) is 7.82. The first-order valence-electron chi connectivity index (χ1n) is 7.70. The molecule has 0 radical (unpaired) electrons. The monoisotopic (exact) mass is 313 g/mol. The van der Waals surface area contributed by atoms with Gasteiger partial charge in [-0.05, 0) is 32.0 Å². The molecule has 0 bridgehead atoms. The summed E-state index contributed by atoms with van der Waals surface area (Å²) in [5, 5.41) is 0.912. The second-order valence-corrected chi connectivity index (χ2v) is 11.1. The van der Waals surface area contributed by atoms with E-state index in [2.05, 4.69) is 55.9 Å². The molecule has 0 atom stereocenters. The average Bonchev–Trinajstić information content (AvgIpc) is 2.45. The highest BCUT2D eigenvalue weighted by atomic mass is 28.3. The van der Waals surface area contributed by atoms with Crippen molar-refractivity contribution in [3.8, 4) is 11.5 Å². The molecule has 0 N–H and O–H groups in total. The van der Waals surface area contributed by atoms with Crippen LogP contribution < -0.4 is 10.5 Å². The molecule has 1 aromatic carbocycles. The SMILES string of the molecule is CCN(CC)c1ccc2cc(C#C[Si](C)(C)C)c(=O)oc2c1. The standard InChI is InChI=1S/C18H23NO2Si/c1-6-19(7-2)16-9-8-14-12-15(10-11-22(3,4)5)18(20)21-17(14)13-16/h8-9,12-13H,6-7H2,1-5H3. The number of rotatable bonds is 3. The number of hydrogen-bond donors (Lipinski definition) is 0. The molecule has 0 aliphatic rings. The van der Waals surface area contributed by atoms with Gasteiger partial charge in [0.05, 0.1) is 0 Å². The highest BCUT2D eigenvalue weighted by Crippen LogP contribution is 2.21. The summed E-state index contributed by atoms with van der Waals surface area (Å²) in [5.41, 5.74) is 5.00. The van der Waals surface area contributed by atoms with Gasteiger partial charge in [0.15, 0.2) is 0 Å². The Kier molecular flexibility index (Phi) is 4.77. The molecule has 4 heteroatoms. The Hall–Kier alpha value is -1.99. The first-order valence-corrected chi connectivity index (χ1v) is 11.2. The third-order valence-corrected chi connectivity index (χ3v) is 4.30. The summed E-state index contributed by atoms with van der Waals surface area (Å²) < 4.78 is 5.47. The fraction of sp³-hybridized carbons (Fsp3) is 0.389. The lowest BCUT2D eigenvalue weighted by Crippen LogP contribution is -2.21. The summed E-state index contributed by atoms with van der Waals surface area (Å²) in [6.45, 7) is 12.5. The predicted molar refractivity (Wildman–Crippen MR) is 96.3 cm³/mol. The molecule has 0 unspecified atom stereocenters. The molecule has 0 saturated carbocycles. The maximum atomic E-state index is 12.1. The van der Waals surface area contributed by atoms with Gasteiger partial charge in [0.2, 0.25) is 0 Å². The molecule has 0 fully saturated rings. The first kappa shape index (κ1) is 16.4. The van der Waals surface area contributed by atoms with Crippen molar-refractivity contribution in [3.05, 3.63) is 40.2 Å². The number of anilines is 1. The highest BCUT2D eigenvalue weighted by Gasteiger charge is 2.10. The third kappa shape index (κ3) is 3.80. The summed E-state index contributed by atoms with van der Waals surface area (Å²) in [5.74, 6) is 3.00. The second-order valence-electron chi connectivity index (χ2n) is 6.34. The smallest absolute Gasteiger partial charge is 0.352 e. The van der Waals surface area contributed by atoms with Gasteiger partial charge >= 0.3 is 5.63 Å². The molecule has 2 aromatic rings. The molecule has 1 aromatic heterocycles. The van der Waals surface area contributed by atoms with E-state index in [0.29, 0.717) is 11.1 Å². The van der Waals surface area contributed by atoms with E-state index in [9.17, 15) is 4.79 Å². The van der Waals surface area contributed by atoms with Crippen LogP contribution in [-0.4, -0.2) is 21.2 Å². The van der Waals surface area contributed by atoms with Crippen LogP contribution in [0, 0.1) is 11.5 Å². The van der Waals surface area contributed by atoms with Gasteiger partial charge in [0.25, 0.3) is 0 Å². The molecular formula is C18H23NO2Si. The molecule has 0 spiro atoms. The van der Waals surface area contributed by atoms with Crippen LogP contribution in [0.25, 0.3) is 11.0 Å². The van der Waals surface area contributed by atoms with Crippen molar-refractivity contribution >= 4 is 24.7 Å². The van der Waals surface area contributed by atoms with Crippen LogP contribution in [0.5, 0.6) is 0 Å². The molecule has 0 aliphatic heterocycles. The van der Waals surface area contributed by atoms with Crippen LogP contribution in [0.2, 0.25) is 19.6 Å².